The molecule has 0 saturated carbocycles. The van der Waals surface area contributed by atoms with Crippen molar-refractivity contribution in [1.82, 2.24) is 0 Å². The Hall–Kier alpha value is -3.03. The Morgan fingerprint density at radius 1 is 1.03 bits per heavy atom. The van der Waals surface area contributed by atoms with Crippen LogP contribution >= 0.6 is 11.6 Å². The molecule has 156 valence electrons. The van der Waals surface area contributed by atoms with Gasteiger partial charge in [-0.05, 0) is 48.4 Å². The van der Waals surface area contributed by atoms with Gasteiger partial charge in [0, 0.05) is 18.7 Å². The molecule has 0 heterocycles. The number of ether oxygens (including phenoxy) is 1. The Morgan fingerprint density at radius 2 is 1.77 bits per heavy atom. The lowest BCUT2D eigenvalue weighted by molar-refractivity contribution is 0.305. The van der Waals surface area contributed by atoms with Gasteiger partial charge in [-0.15, -0.1) is 0 Å². The molecule has 8 heteroatoms. The van der Waals surface area contributed by atoms with E-state index < -0.39 is 10.1 Å². The summed E-state index contributed by atoms with van der Waals surface area (Å²) in [6.07, 6.45) is 0. The van der Waals surface area contributed by atoms with Gasteiger partial charge in [0.05, 0.1) is 5.02 Å². The largest absolute Gasteiger partial charge is 0.489 e. The van der Waals surface area contributed by atoms with E-state index in [9.17, 15) is 8.42 Å². The van der Waals surface area contributed by atoms with Crippen molar-refractivity contribution in [3.05, 3.63) is 88.4 Å². The summed E-state index contributed by atoms with van der Waals surface area (Å²) >= 11 is 6.00. The number of rotatable bonds is 7. The van der Waals surface area contributed by atoms with Crippen molar-refractivity contribution in [3.63, 3.8) is 0 Å². The van der Waals surface area contributed by atoms with E-state index in [-0.39, 0.29) is 22.3 Å². The predicted octanol–water partition coefficient (Wildman–Crippen LogP) is 4.33. The van der Waals surface area contributed by atoms with E-state index in [1.165, 1.54) is 18.2 Å². The zero-order valence-corrected chi connectivity index (χ0v) is 18.1. The lowest BCUT2D eigenvalue weighted by atomic mass is 10.1. The van der Waals surface area contributed by atoms with Gasteiger partial charge in [-0.1, -0.05) is 41.9 Å². The van der Waals surface area contributed by atoms with Gasteiger partial charge in [-0.25, -0.2) is 0 Å². The van der Waals surface area contributed by atoms with Gasteiger partial charge < -0.3 is 14.7 Å². The second-order valence-electron chi connectivity index (χ2n) is 6.55. The van der Waals surface area contributed by atoms with E-state index in [4.69, 9.17) is 26.3 Å². The van der Waals surface area contributed by atoms with E-state index in [0.717, 1.165) is 16.7 Å². The number of aryl methyl sites for hydroxylation is 1. The lowest BCUT2D eigenvalue weighted by Gasteiger charge is -2.12. The van der Waals surface area contributed by atoms with E-state index in [1.807, 2.05) is 31.2 Å². The molecule has 0 saturated heterocycles. The maximum atomic E-state index is 12.6. The minimum atomic E-state index is -4.08. The van der Waals surface area contributed by atoms with Crippen LogP contribution < -0.4 is 14.7 Å². The Bertz CT molecular complexity index is 1190. The van der Waals surface area contributed by atoms with Crippen LogP contribution in [0.4, 0.5) is 0 Å². The predicted molar refractivity (Wildman–Crippen MR) is 118 cm³/mol. The first-order valence-corrected chi connectivity index (χ1v) is 10.8. The molecule has 2 N–H and O–H groups in total. The van der Waals surface area contributed by atoms with Gasteiger partial charge in [0.1, 0.15) is 28.8 Å². The molecular weight excluding hydrogens is 424 g/mol. The van der Waals surface area contributed by atoms with Crippen LogP contribution in [0.15, 0.2) is 76.6 Å². The molecule has 3 rings (SSSR count). The Balaban J connectivity index is 1.78. The average molecular weight is 445 g/mol. The van der Waals surface area contributed by atoms with Crippen molar-refractivity contribution in [3.8, 4) is 11.5 Å². The summed E-state index contributed by atoms with van der Waals surface area (Å²) in [4.78, 5) is 3.88. The van der Waals surface area contributed by atoms with Crippen LogP contribution in [0.3, 0.4) is 0 Å². The van der Waals surface area contributed by atoms with Crippen LogP contribution in [0.2, 0.25) is 5.02 Å². The molecule has 0 fully saturated rings. The van der Waals surface area contributed by atoms with Crippen molar-refractivity contribution in [1.29, 1.82) is 0 Å². The highest BCUT2D eigenvalue weighted by atomic mass is 35.5. The summed E-state index contributed by atoms with van der Waals surface area (Å²) < 4.78 is 36.3. The minimum Gasteiger partial charge on any atom is -0.489 e. The molecular formula is C22H21ClN2O4S. The summed E-state index contributed by atoms with van der Waals surface area (Å²) in [5.41, 5.74) is 8.34. The highest BCUT2D eigenvalue weighted by Gasteiger charge is 2.20. The molecule has 0 unspecified atom stereocenters. The molecule has 6 nitrogen and oxygen atoms in total. The average Bonchev–Trinajstić information content (AvgIpc) is 2.71. The zero-order valence-electron chi connectivity index (χ0n) is 16.5. The summed E-state index contributed by atoms with van der Waals surface area (Å²) in [6, 6.07) is 18.6. The number of amidine groups is 1. The summed E-state index contributed by atoms with van der Waals surface area (Å²) in [7, 11) is -2.45. The van der Waals surface area contributed by atoms with Gasteiger partial charge in [0.2, 0.25) is 0 Å². The minimum absolute atomic E-state index is 0.0939. The number of benzene rings is 3. The van der Waals surface area contributed by atoms with Crippen molar-refractivity contribution in [2.45, 2.75) is 18.4 Å². The number of hydrogen-bond acceptors (Lipinski definition) is 5. The van der Waals surface area contributed by atoms with Crippen LogP contribution in [0, 0.1) is 6.92 Å². The van der Waals surface area contributed by atoms with Gasteiger partial charge >= 0.3 is 10.1 Å². The normalized spacial score (nSPS) is 11.9. The first-order valence-electron chi connectivity index (χ1n) is 9.03. The number of nitrogens with zero attached hydrogens (tertiary/aromatic N) is 1. The van der Waals surface area contributed by atoms with Crippen molar-refractivity contribution in [2.24, 2.45) is 10.7 Å². The molecule has 30 heavy (non-hydrogen) atoms. The van der Waals surface area contributed by atoms with Crippen LogP contribution in [0.25, 0.3) is 0 Å². The Kier molecular flexibility index (Phi) is 6.64. The molecule has 0 aliphatic heterocycles. The lowest BCUT2D eigenvalue weighted by Crippen LogP contribution is -2.13. The quantitative estimate of drug-likeness (QED) is 0.332. The standard InChI is InChI=1S/C22H21ClN2O4S/c1-15-10-18(28-14-16-6-5-7-17(12-16)22(24)25-2)13-19(11-15)29-30(26,27)21-9-4-3-8-20(21)23/h3-13H,14H2,1-2H3,(H2,24,25). The highest BCUT2D eigenvalue weighted by molar-refractivity contribution is 7.87. The summed E-state index contributed by atoms with van der Waals surface area (Å²) in [5.74, 6) is 1.05. The van der Waals surface area contributed by atoms with Crippen molar-refractivity contribution < 1.29 is 17.3 Å². The molecule has 0 radical (unpaired) electrons. The molecule has 0 aliphatic carbocycles. The third kappa shape index (κ3) is 5.31. The van der Waals surface area contributed by atoms with Gasteiger partial charge in [-0.3, -0.25) is 4.99 Å². The molecule has 0 aromatic heterocycles. The first kappa shape index (κ1) is 21.7. The smallest absolute Gasteiger partial charge is 0.340 e. The highest BCUT2D eigenvalue weighted by Crippen LogP contribution is 2.28. The number of aliphatic imine (C=N–C) groups is 1. The van der Waals surface area contributed by atoms with Gasteiger partial charge in [-0.2, -0.15) is 8.42 Å². The molecule has 0 bridgehead atoms. The molecule has 0 spiro atoms. The Labute approximate surface area is 181 Å². The van der Waals surface area contributed by atoms with E-state index in [1.54, 1.807) is 31.3 Å². The van der Waals surface area contributed by atoms with Crippen LogP contribution in [0.1, 0.15) is 16.7 Å². The fourth-order valence-electron chi connectivity index (χ4n) is 2.78. The summed E-state index contributed by atoms with van der Waals surface area (Å²) in [6.45, 7) is 2.09. The third-order valence-electron chi connectivity index (χ3n) is 4.21. The maximum absolute atomic E-state index is 12.6. The molecule has 0 atom stereocenters. The monoisotopic (exact) mass is 444 g/mol. The van der Waals surface area contributed by atoms with Crippen molar-refractivity contribution >= 4 is 27.6 Å². The van der Waals surface area contributed by atoms with Crippen LogP contribution in [0.5, 0.6) is 11.5 Å². The zero-order chi connectivity index (χ0) is 21.7. The van der Waals surface area contributed by atoms with Gasteiger partial charge in [0.25, 0.3) is 0 Å². The topological polar surface area (TPSA) is 91.0 Å². The fourth-order valence-corrected chi connectivity index (χ4v) is 4.19. The second-order valence-corrected chi connectivity index (χ2v) is 8.47. The van der Waals surface area contributed by atoms with E-state index in [0.29, 0.717) is 11.6 Å². The fraction of sp³-hybridized carbons (Fsp3) is 0.136. The maximum Gasteiger partial charge on any atom is 0.340 e. The molecule has 3 aromatic rings. The van der Waals surface area contributed by atoms with E-state index >= 15 is 0 Å². The number of halogens is 1. The molecule has 3 aromatic carbocycles. The molecule has 0 aliphatic rings. The SMILES string of the molecule is CN=C(N)c1cccc(COc2cc(C)cc(OS(=O)(=O)c3ccccc3Cl)c2)c1. The van der Waals surface area contributed by atoms with Gasteiger partial charge in [0.15, 0.2) is 0 Å². The van der Waals surface area contributed by atoms with E-state index in [2.05, 4.69) is 4.99 Å². The van der Waals surface area contributed by atoms with Crippen LogP contribution in [-0.2, 0) is 16.7 Å². The van der Waals surface area contributed by atoms with Crippen LogP contribution in [-0.4, -0.2) is 21.3 Å². The number of nitrogens with two attached hydrogens (primary N) is 1. The number of hydrogen-bond donors (Lipinski definition) is 1. The third-order valence-corrected chi connectivity index (χ3v) is 5.95. The first-order chi connectivity index (χ1) is 14.3. The Morgan fingerprint density at radius 3 is 2.50 bits per heavy atom. The summed E-state index contributed by atoms with van der Waals surface area (Å²) in [5, 5.41) is 0.0939. The second kappa shape index (κ2) is 9.19. The van der Waals surface area contributed by atoms with Crippen molar-refractivity contribution in [2.75, 3.05) is 7.05 Å². The molecule has 0 amide bonds.